The maximum absolute atomic E-state index is 13.6. The van der Waals surface area contributed by atoms with E-state index in [9.17, 15) is 28.2 Å². The molecule has 2 aromatic rings. The Hall–Kier alpha value is -2.49. The highest BCUT2D eigenvalue weighted by molar-refractivity contribution is 5.75. The Labute approximate surface area is 182 Å². The molecule has 2 atom stereocenters. The summed E-state index contributed by atoms with van der Waals surface area (Å²) in [5.74, 6) is -1.07. The first-order chi connectivity index (χ1) is 14.9. The molecule has 0 spiro atoms. The third-order valence-corrected chi connectivity index (χ3v) is 8.14. The molecule has 3 saturated carbocycles. The first-order valence-electron chi connectivity index (χ1n) is 10.9. The summed E-state index contributed by atoms with van der Waals surface area (Å²) in [6.07, 6.45) is 0.597. The molecule has 7 nitrogen and oxygen atoms in total. The largest absolute Gasteiger partial charge is 0.481 e. The molecule has 0 radical (unpaired) electrons. The van der Waals surface area contributed by atoms with Crippen molar-refractivity contribution >= 4 is 5.97 Å². The molecule has 1 aliphatic heterocycles. The lowest BCUT2D eigenvalue weighted by molar-refractivity contribution is -0.260. The van der Waals surface area contributed by atoms with Gasteiger partial charge in [0.2, 0.25) is 5.60 Å². The van der Waals surface area contributed by atoms with Crippen molar-refractivity contribution in [3.8, 4) is 11.3 Å². The van der Waals surface area contributed by atoms with Crippen LogP contribution in [0.15, 0.2) is 12.3 Å². The Morgan fingerprint density at radius 3 is 2.38 bits per heavy atom. The lowest BCUT2D eigenvalue weighted by Gasteiger charge is -2.50. The van der Waals surface area contributed by atoms with Crippen LogP contribution in [0.25, 0.3) is 11.3 Å². The van der Waals surface area contributed by atoms with Gasteiger partial charge >= 0.3 is 12.1 Å². The molecule has 2 aromatic heterocycles. The van der Waals surface area contributed by atoms with Gasteiger partial charge in [-0.15, -0.1) is 0 Å². The molecule has 4 aliphatic rings. The van der Waals surface area contributed by atoms with E-state index in [1.165, 1.54) is 6.20 Å². The van der Waals surface area contributed by atoms with E-state index in [1.807, 2.05) is 6.07 Å². The number of nitrogens with zero attached hydrogens (tertiary/aromatic N) is 4. The van der Waals surface area contributed by atoms with Crippen LogP contribution in [0.1, 0.15) is 75.2 Å². The van der Waals surface area contributed by atoms with E-state index >= 15 is 0 Å². The fourth-order valence-corrected chi connectivity index (χ4v) is 5.87. The first-order valence-corrected chi connectivity index (χ1v) is 10.9. The zero-order chi connectivity index (χ0) is 23.1. The number of fused-ring (bicyclic) bond motifs is 6. The van der Waals surface area contributed by atoms with Crippen molar-refractivity contribution in [1.29, 1.82) is 0 Å². The summed E-state index contributed by atoms with van der Waals surface area (Å²) in [5, 5.41) is 32.3. The van der Waals surface area contributed by atoms with Gasteiger partial charge in [-0.25, -0.2) is 0 Å². The predicted molar refractivity (Wildman–Crippen MR) is 107 cm³/mol. The average Bonchev–Trinajstić information content (AvgIpc) is 3.19. The number of carboxylic acids is 1. The van der Waals surface area contributed by atoms with Crippen LogP contribution in [-0.4, -0.2) is 42.3 Å². The molecule has 3 fully saturated rings. The van der Waals surface area contributed by atoms with Crippen molar-refractivity contribution in [2.75, 3.05) is 0 Å². The summed E-state index contributed by atoms with van der Waals surface area (Å²) in [6.45, 7) is 2.87. The number of rotatable bonds is 3. The van der Waals surface area contributed by atoms with E-state index in [1.54, 1.807) is 11.6 Å². The van der Waals surface area contributed by atoms with Crippen LogP contribution in [0.4, 0.5) is 13.2 Å². The molecule has 3 heterocycles. The molecular formula is C22H25F3N4O3. The minimum atomic E-state index is -4.89. The summed E-state index contributed by atoms with van der Waals surface area (Å²) in [5.41, 5.74) is -2.04. The number of carbonyl (C=O) groups is 1. The minimum Gasteiger partial charge on any atom is -0.481 e. The molecule has 6 rings (SSSR count). The van der Waals surface area contributed by atoms with Crippen LogP contribution >= 0.6 is 0 Å². The third-order valence-electron chi connectivity index (χ3n) is 8.14. The van der Waals surface area contributed by atoms with Crippen LogP contribution in [-0.2, 0) is 22.4 Å². The van der Waals surface area contributed by atoms with E-state index in [0.29, 0.717) is 49.6 Å². The van der Waals surface area contributed by atoms with Crippen molar-refractivity contribution in [2.24, 2.45) is 5.41 Å². The van der Waals surface area contributed by atoms with Gasteiger partial charge in [0.15, 0.2) is 0 Å². The highest BCUT2D eigenvalue weighted by Gasteiger charge is 2.56. The van der Waals surface area contributed by atoms with Gasteiger partial charge in [0.1, 0.15) is 5.69 Å². The van der Waals surface area contributed by atoms with Crippen molar-refractivity contribution in [3.05, 3.63) is 29.2 Å². The molecule has 172 valence electrons. The van der Waals surface area contributed by atoms with Gasteiger partial charge in [-0.2, -0.15) is 28.5 Å². The first kappa shape index (κ1) is 21.4. The van der Waals surface area contributed by atoms with Gasteiger partial charge < -0.3 is 10.2 Å². The number of aliphatic carboxylic acids is 1. The van der Waals surface area contributed by atoms with Gasteiger partial charge in [-0.3, -0.25) is 9.48 Å². The molecule has 0 amide bonds. The molecule has 10 heteroatoms. The number of aromatic nitrogens is 4. The summed E-state index contributed by atoms with van der Waals surface area (Å²) < 4.78 is 42.5. The number of carboxylic acid groups (broad SMARTS) is 1. The normalized spacial score (nSPS) is 31.0. The van der Waals surface area contributed by atoms with E-state index in [4.69, 9.17) is 5.10 Å². The van der Waals surface area contributed by atoms with Crippen molar-refractivity contribution < 1.29 is 28.2 Å². The summed E-state index contributed by atoms with van der Waals surface area (Å²) in [4.78, 5) is 11.8. The highest BCUT2D eigenvalue weighted by atomic mass is 19.4. The lowest BCUT2D eigenvalue weighted by atomic mass is 9.53. The summed E-state index contributed by atoms with van der Waals surface area (Å²) in [7, 11) is 0. The standard InChI is InChI=1S/C22H25F3N4O3/c1-12-11-29-14(13-10-26-27-17(16(12)13)19(2,32)22(23,24)25)9-15(28-29)20-3-6-21(7-4-20,8-5-20)18(30)31/h9-10,12,32H,3-8,11H2,1-2H3,(H,30,31)/t12-,19+,20?,21?/m1/s1. The van der Waals surface area contributed by atoms with Gasteiger partial charge in [0, 0.05) is 23.4 Å². The second-order valence-electron chi connectivity index (χ2n) is 9.95. The molecule has 2 N–H and O–H groups in total. The fraction of sp³-hybridized carbons (Fsp3) is 0.636. The van der Waals surface area contributed by atoms with E-state index in [-0.39, 0.29) is 11.3 Å². The zero-order valence-corrected chi connectivity index (χ0v) is 17.9. The number of hydrogen-bond donors (Lipinski definition) is 2. The Balaban J connectivity index is 1.57. The molecule has 0 unspecified atom stereocenters. The topological polar surface area (TPSA) is 101 Å². The quantitative estimate of drug-likeness (QED) is 0.736. The Morgan fingerprint density at radius 2 is 1.81 bits per heavy atom. The number of halogens is 3. The number of hydrogen-bond acceptors (Lipinski definition) is 5. The maximum Gasteiger partial charge on any atom is 0.422 e. The van der Waals surface area contributed by atoms with Crippen molar-refractivity contribution in [2.45, 2.75) is 82.0 Å². The smallest absolute Gasteiger partial charge is 0.422 e. The van der Waals surface area contributed by atoms with Crippen molar-refractivity contribution in [3.63, 3.8) is 0 Å². The Kier molecular flexibility index (Phi) is 4.35. The SMILES string of the molecule is C[C@@H]1Cn2nc(C34CCC(C(=O)O)(CC3)CC4)cc2-c2cnnc([C@](C)(O)C(F)(F)F)c21. The van der Waals surface area contributed by atoms with Gasteiger partial charge in [0.25, 0.3) is 0 Å². The summed E-state index contributed by atoms with van der Waals surface area (Å²) in [6, 6.07) is 1.91. The second-order valence-corrected chi connectivity index (χ2v) is 9.95. The van der Waals surface area contributed by atoms with E-state index < -0.39 is 28.9 Å². The molecule has 0 saturated heterocycles. The van der Waals surface area contributed by atoms with Crippen LogP contribution in [0.5, 0.6) is 0 Å². The van der Waals surface area contributed by atoms with Crippen LogP contribution in [0.3, 0.4) is 0 Å². The Bertz CT molecular complexity index is 1080. The number of alkyl halides is 3. The molecule has 0 aromatic carbocycles. The fourth-order valence-electron chi connectivity index (χ4n) is 5.87. The highest BCUT2D eigenvalue weighted by Crippen LogP contribution is 2.58. The van der Waals surface area contributed by atoms with Gasteiger partial charge in [-0.05, 0) is 57.1 Å². The monoisotopic (exact) mass is 450 g/mol. The van der Waals surface area contributed by atoms with E-state index in [2.05, 4.69) is 10.2 Å². The minimum absolute atomic E-state index is 0.203. The molecule has 32 heavy (non-hydrogen) atoms. The maximum atomic E-state index is 13.6. The van der Waals surface area contributed by atoms with Gasteiger partial charge in [0.05, 0.1) is 23.0 Å². The third kappa shape index (κ3) is 2.77. The Morgan fingerprint density at radius 1 is 1.19 bits per heavy atom. The van der Waals surface area contributed by atoms with Gasteiger partial charge in [-0.1, -0.05) is 6.92 Å². The average molecular weight is 450 g/mol. The zero-order valence-electron chi connectivity index (χ0n) is 17.9. The molecule has 3 aliphatic carbocycles. The molecule has 2 bridgehead atoms. The van der Waals surface area contributed by atoms with Crippen LogP contribution < -0.4 is 0 Å². The predicted octanol–water partition coefficient (Wildman–Crippen LogP) is 3.90. The van der Waals surface area contributed by atoms with Crippen LogP contribution in [0.2, 0.25) is 0 Å². The molecular weight excluding hydrogens is 425 g/mol. The van der Waals surface area contributed by atoms with Crippen molar-refractivity contribution in [1.82, 2.24) is 20.0 Å². The second kappa shape index (κ2) is 6.52. The summed E-state index contributed by atoms with van der Waals surface area (Å²) >= 11 is 0. The number of aliphatic hydroxyl groups is 1. The van der Waals surface area contributed by atoms with E-state index in [0.717, 1.165) is 25.0 Å². The lowest BCUT2D eigenvalue weighted by Crippen LogP contribution is -2.48. The van der Waals surface area contributed by atoms with Crippen LogP contribution in [0, 0.1) is 5.41 Å².